The fourth-order valence-corrected chi connectivity index (χ4v) is 6.29. The van der Waals surface area contributed by atoms with Crippen molar-refractivity contribution in [1.29, 1.82) is 21.0 Å². The summed E-state index contributed by atoms with van der Waals surface area (Å²) in [6.45, 7) is 14.7. The van der Waals surface area contributed by atoms with Gasteiger partial charge in [-0.1, -0.05) is 41.5 Å². The molecule has 36 heavy (non-hydrogen) atoms. The van der Waals surface area contributed by atoms with Crippen LogP contribution in [-0.4, -0.2) is 24.5 Å². The molecule has 0 spiro atoms. The first kappa shape index (κ1) is 28.6. The first-order valence-corrected chi connectivity index (χ1v) is 12.4. The van der Waals surface area contributed by atoms with Crippen LogP contribution in [0.2, 0.25) is 0 Å². The molecule has 2 N–H and O–H groups in total. The van der Waals surface area contributed by atoms with Gasteiger partial charge in [0.05, 0.1) is 0 Å². The molecule has 2 atom stereocenters. The molecule has 2 fully saturated rings. The second kappa shape index (κ2) is 11.4. The lowest BCUT2D eigenvalue weighted by atomic mass is 9.63. The van der Waals surface area contributed by atoms with Gasteiger partial charge < -0.3 is 10.6 Å². The Hall–Kier alpha value is -3.62. The highest BCUT2D eigenvalue weighted by atomic mass is 15.2. The zero-order chi connectivity index (χ0) is 27.0. The van der Waals surface area contributed by atoms with E-state index in [0.29, 0.717) is 13.1 Å². The maximum absolute atomic E-state index is 8.97. The van der Waals surface area contributed by atoms with E-state index in [9.17, 15) is 0 Å². The van der Waals surface area contributed by atoms with Crippen molar-refractivity contribution >= 4 is 11.4 Å². The molecule has 0 aromatic carbocycles. The van der Waals surface area contributed by atoms with Crippen LogP contribution in [0.5, 0.6) is 0 Å². The number of nitrogens with zero attached hydrogens (tertiary/aromatic N) is 6. The molecule has 0 bridgehead atoms. The number of allylic oxidation sites excluding steroid dienone is 2. The van der Waals surface area contributed by atoms with E-state index < -0.39 is 0 Å². The molecular formula is C28H38N8. The molecule has 8 heteroatoms. The summed E-state index contributed by atoms with van der Waals surface area (Å²) in [5, 5.41) is 51.8. The summed E-state index contributed by atoms with van der Waals surface area (Å²) < 4.78 is 0. The molecule has 2 aliphatic rings. The van der Waals surface area contributed by atoms with Crippen LogP contribution >= 0.6 is 0 Å². The van der Waals surface area contributed by atoms with E-state index in [4.69, 9.17) is 31.3 Å². The number of hydrogen-bond acceptors (Lipinski definition) is 8. The van der Waals surface area contributed by atoms with E-state index >= 15 is 0 Å². The Labute approximate surface area is 216 Å². The van der Waals surface area contributed by atoms with Gasteiger partial charge in [-0.3, -0.25) is 0 Å². The monoisotopic (exact) mass is 486 g/mol. The third-order valence-corrected chi connectivity index (χ3v) is 6.80. The molecule has 2 saturated carbocycles. The number of hydrogen-bond donors (Lipinski definition) is 2. The minimum Gasteiger partial charge on any atom is -0.389 e. The topological polar surface area (TPSA) is 144 Å². The van der Waals surface area contributed by atoms with Crippen molar-refractivity contribution in [3.8, 4) is 24.3 Å². The smallest absolute Gasteiger partial charge is 0.145 e. The second-order valence-corrected chi connectivity index (χ2v) is 12.7. The Morgan fingerprint density at radius 3 is 1.31 bits per heavy atom. The van der Waals surface area contributed by atoms with Gasteiger partial charge in [0.15, 0.2) is 0 Å². The Bertz CT molecular complexity index is 1000. The number of rotatable bonds is 7. The minimum absolute atomic E-state index is 0.0664. The lowest BCUT2D eigenvalue weighted by Gasteiger charge is -2.44. The molecule has 0 heterocycles. The SMILES string of the molecule is CC1(C)C/C(=N/N=C2\CC(C)(C)CC(C)(CNC=C(C#N)C#N)C2)CC(C)(CNC=C(C#N)C#N)C1. The molecule has 2 unspecified atom stereocenters. The van der Waals surface area contributed by atoms with E-state index in [0.717, 1.165) is 49.9 Å². The quantitative estimate of drug-likeness (QED) is 0.371. The van der Waals surface area contributed by atoms with Crippen LogP contribution in [0.25, 0.3) is 0 Å². The maximum atomic E-state index is 8.97. The molecular weight excluding hydrogens is 448 g/mol. The fourth-order valence-electron chi connectivity index (χ4n) is 6.29. The first-order valence-electron chi connectivity index (χ1n) is 12.4. The van der Waals surface area contributed by atoms with Gasteiger partial charge in [-0.05, 0) is 60.2 Å². The third kappa shape index (κ3) is 8.55. The summed E-state index contributed by atoms with van der Waals surface area (Å²) in [4.78, 5) is 0. The van der Waals surface area contributed by atoms with E-state index in [1.807, 2.05) is 24.3 Å². The summed E-state index contributed by atoms with van der Waals surface area (Å²) in [6, 6.07) is 7.52. The van der Waals surface area contributed by atoms with Crippen molar-refractivity contribution in [2.45, 2.75) is 80.1 Å². The van der Waals surface area contributed by atoms with Crippen LogP contribution in [0.1, 0.15) is 80.1 Å². The van der Waals surface area contributed by atoms with Gasteiger partial charge in [-0.15, -0.1) is 0 Å². The molecule has 0 radical (unpaired) electrons. The molecule has 2 rings (SSSR count). The van der Waals surface area contributed by atoms with Crippen LogP contribution in [0.15, 0.2) is 33.7 Å². The molecule has 0 amide bonds. The van der Waals surface area contributed by atoms with Crippen LogP contribution in [0.3, 0.4) is 0 Å². The van der Waals surface area contributed by atoms with Crippen LogP contribution in [0.4, 0.5) is 0 Å². The highest BCUT2D eigenvalue weighted by molar-refractivity contribution is 5.90. The van der Waals surface area contributed by atoms with Gasteiger partial charge in [0, 0.05) is 36.9 Å². The van der Waals surface area contributed by atoms with Crippen molar-refractivity contribution in [2.75, 3.05) is 13.1 Å². The molecule has 0 saturated heterocycles. The van der Waals surface area contributed by atoms with Gasteiger partial charge in [0.2, 0.25) is 0 Å². The standard InChI is InChI=1S/C28H38N8/c1-25(2)7-23(9-27(5,17-25)19-33-15-21(11-29)12-30)35-36-24-8-26(3,4)18-28(6,10-24)20-34-16-22(13-31)14-32/h15-16,33-34H,7-10,17-20H2,1-6H3/b35-23-,36-24+. The second-order valence-electron chi connectivity index (χ2n) is 12.7. The van der Waals surface area contributed by atoms with Gasteiger partial charge in [-0.25, -0.2) is 0 Å². The number of nitriles is 4. The van der Waals surface area contributed by atoms with E-state index in [1.54, 1.807) is 0 Å². The fraction of sp³-hybridized carbons (Fsp3) is 0.643. The highest BCUT2D eigenvalue weighted by Crippen LogP contribution is 2.46. The minimum atomic E-state index is -0.0664. The normalized spacial score (nSPS) is 28.5. The third-order valence-electron chi connectivity index (χ3n) is 6.80. The molecule has 190 valence electrons. The molecule has 2 aliphatic carbocycles. The van der Waals surface area contributed by atoms with Crippen molar-refractivity contribution in [3.63, 3.8) is 0 Å². The summed E-state index contributed by atoms with van der Waals surface area (Å²) in [5.74, 6) is 0. The van der Waals surface area contributed by atoms with Crippen molar-refractivity contribution in [2.24, 2.45) is 31.9 Å². The van der Waals surface area contributed by atoms with Crippen LogP contribution in [0, 0.1) is 67.0 Å². The summed E-state index contributed by atoms with van der Waals surface area (Å²) in [6.07, 6.45) is 8.37. The highest BCUT2D eigenvalue weighted by Gasteiger charge is 2.41. The Balaban J connectivity index is 2.20. The average molecular weight is 487 g/mol. The maximum Gasteiger partial charge on any atom is 0.145 e. The van der Waals surface area contributed by atoms with E-state index in [-0.39, 0.29) is 32.8 Å². The van der Waals surface area contributed by atoms with E-state index in [2.05, 4.69) is 52.2 Å². The van der Waals surface area contributed by atoms with Crippen LogP contribution in [-0.2, 0) is 0 Å². The first-order chi connectivity index (χ1) is 16.8. The van der Waals surface area contributed by atoms with E-state index in [1.165, 1.54) is 12.4 Å². The van der Waals surface area contributed by atoms with Crippen LogP contribution < -0.4 is 10.6 Å². The lowest BCUT2D eigenvalue weighted by molar-refractivity contribution is 0.161. The molecule has 0 aromatic rings. The molecule has 8 nitrogen and oxygen atoms in total. The molecule has 0 aliphatic heterocycles. The zero-order valence-electron chi connectivity index (χ0n) is 22.5. The largest absolute Gasteiger partial charge is 0.389 e. The summed E-state index contributed by atoms with van der Waals surface area (Å²) >= 11 is 0. The van der Waals surface area contributed by atoms with Gasteiger partial charge >= 0.3 is 0 Å². The Morgan fingerprint density at radius 2 is 1.00 bits per heavy atom. The van der Waals surface area contributed by atoms with Crippen molar-refractivity contribution < 1.29 is 0 Å². The van der Waals surface area contributed by atoms with Crippen molar-refractivity contribution in [1.82, 2.24) is 10.6 Å². The predicted molar refractivity (Wildman–Crippen MR) is 141 cm³/mol. The van der Waals surface area contributed by atoms with Gasteiger partial charge in [0.25, 0.3) is 0 Å². The Kier molecular flexibility index (Phi) is 9.07. The summed E-state index contributed by atoms with van der Waals surface area (Å²) in [5.41, 5.74) is 2.29. The Morgan fingerprint density at radius 1 is 0.667 bits per heavy atom. The lowest BCUT2D eigenvalue weighted by Crippen LogP contribution is -2.42. The van der Waals surface area contributed by atoms with Crippen molar-refractivity contribution in [3.05, 3.63) is 23.5 Å². The van der Waals surface area contributed by atoms with Gasteiger partial charge in [0.1, 0.15) is 35.4 Å². The average Bonchev–Trinajstić information content (AvgIpc) is 2.76. The predicted octanol–water partition coefficient (Wildman–Crippen LogP) is 5.26. The summed E-state index contributed by atoms with van der Waals surface area (Å²) in [7, 11) is 0. The molecule has 0 aromatic heterocycles. The zero-order valence-corrected chi connectivity index (χ0v) is 22.5. The van der Waals surface area contributed by atoms with Gasteiger partial charge in [-0.2, -0.15) is 31.3 Å². The number of nitrogens with one attached hydrogen (secondary N) is 2.